The number of ether oxygens (including phenoxy) is 1. The highest BCUT2D eigenvalue weighted by atomic mass is 16.5. The number of nitrogens with two attached hydrogens (primary N) is 1. The van der Waals surface area contributed by atoms with Gasteiger partial charge < -0.3 is 15.8 Å². The second kappa shape index (κ2) is 7.05. The van der Waals surface area contributed by atoms with Crippen molar-refractivity contribution in [2.75, 3.05) is 20.3 Å². The Morgan fingerprint density at radius 1 is 1.21 bits per heavy atom. The fourth-order valence-electron chi connectivity index (χ4n) is 4.08. The maximum Gasteiger partial charge on any atom is 0.0615 e. The molecule has 19 heavy (non-hydrogen) atoms. The van der Waals surface area contributed by atoms with Crippen molar-refractivity contribution in [3.63, 3.8) is 0 Å². The molecule has 1 aliphatic rings. The minimum atomic E-state index is 0.435. The summed E-state index contributed by atoms with van der Waals surface area (Å²) in [6.45, 7) is 11.1. The Hall–Kier alpha value is -0.120. The molecule has 0 aromatic rings. The van der Waals surface area contributed by atoms with Crippen LogP contribution in [0.5, 0.6) is 0 Å². The number of nitrogens with one attached hydrogen (secondary N) is 1. The van der Waals surface area contributed by atoms with E-state index in [2.05, 4.69) is 33.0 Å². The summed E-state index contributed by atoms with van der Waals surface area (Å²) in [7, 11) is 1.78. The fourth-order valence-corrected chi connectivity index (χ4v) is 4.08. The first-order chi connectivity index (χ1) is 8.78. The fraction of sp³-hybridized carbons (Fsp3) is 1.00. The number of hydrogen-bond donors (Lipinski definition) is 2. The molecule has 1 rings (SSSR count). The number of hydrogen-bond acceptors (Lipinski definition) is 3. The molecule has 114 valence electrons. The molecule has 0 heterocycles. The van der Waals surface area contributed by atoms with Gasteiger partial charge in [0.1, 0.15) is 0 Å². The molecule has 3 nitrogen and oxygen atoms in total. The first-order valence-corrected chi connectivity index (χ1v) is 7.73. The summed E-state index contributed by atoms with van der Waals surface area (Å²) in [6, 6.07) is 1.06. The summed E-state index contributed by atoms with van der Waals surface area (Å²) < 4.78 is 5.34. The highest BCUT2D eigenvalue weighted by molar-refractivity contribution is 4.93. The van der Waals surface area contributed by atoms with Crippen LogP contribution >= 0.6 is 0 Å². The van der Waals surface area contributed by atoms with Gasteiger partial charge in [0.15, 0.2) is 0 Å². The Labute approximate surface area is 119 Å². The highest BCUT2D eigenvalue weighted by Gasteiger charge is 2.38. The number of methoxy groups -OCH3 is 1. The molecule has 1 unspecified atom stereocenters. The molecule has 0 aliphatic heterocycles. The average molecular weight is 270 g/mol. The zero-order valence-corrected chi connectivity index (χ0v) is 13.6. The van der Waals surface area contributed by atoms with Crippen LogP contribution in [-0.4, -0.2) is 32.3 Å². The zero-order valence-electron chi connectivity index (χ0n) is 13.6. The Morgan fingerprint density at radius 2 is 1.79 bits per heavy atom. The van der Waals surface area contributed by atoms with E-state index in [1.165, 1.54) is 19.3 Å². The Morgan fingerprint density at radius 3 is 2.26 bits per heavy atom. The largest absolute Gasteiger partial charge is 0.383 e. The average Bonchev–Trinajstić information content (AvgIpc) is 2.21. The minimum absolute atomic E-state index is 0.435. The van der Waals surface area contributed by atoms with Crippen LogP contribution in [0.1, 0.15) is 59.8 Å². The second-order valence-corrected chi connectivity index (χ2v) is 7.86. The summed E-state index contributed by atoms with van der Waals surface area (Å²) in [5, 5.41) is 3.82. The molecule has 1 fully saturated rings. The van der Waals surface area contributed by atoms with E-state index in [4.69, 9.17) is 10.5 Å². The molecular weight excluding hydrogens is 236 g/mol. The van der Waals surface area contributed by atoms with E-state index < -0.39 is 0 Å². The lowest BCUT2D eigenvalue weighted by atomic mass is 9.63. The van der Waals surface area contributed by atoms with Crippen LogP contribution in [0, 0.1) is 10.8 Å². The summed E-state index contributed by atoms with van der Waals surface area (Å²) in [4.78, 5) is 0. The lowest BCUT2D eigenvalue weighted by molar-refractivity contribution is 0.0695. The van der Waals surface area contributed by atoms with Crippen LogP contribution in [-0.2, 0) is 4.74 Å². The minimum Gasteiger partial charge on any atom is -0.383 e. The van der Waals surface area contributed by atoms with Crippen LogP contribution in [0.4, 0.5) is 0 Å². The van der Waals surface area contributed by atoms with Crippen molar-refractivity contribution in [2.45, 2.75) is 71.9 Å². The Balaban J connectivity index is 2.56. The summed E-state index contributed by atoms with van der Waals surface area (Å²) in [5.74, 6) is 0. The monoisotopic (exact) mass is 270 g/mol. The SMILES string of the molecule is COCC(CCCN)NC1CC(C)(C)CC(C)(C)C1. The predicted octanol–water partition coefficient (Wildman–Crippen LogP) is 2.93. The van der Waals surface area contributed by atoms with Gasteiger partial charge in [-0.3, -0.25) is 0 Å². The van der Waals surface area contributed by atoms with Gasteiger partial charge in [-0.15, -0.1) is 0 Å². The third kappa shape index (κ3) is 6.24. The molecule has 0 spiro atoms. The Bertz CT molecular complexity index is 247. The van der Waals surface area contributed by atoms with Crippen molar-refractivity contribution < 1.29 is 4.74 Å². The lowest BCUT2D eigenvalue weighted by Gasteiger charge is -2.46. The summed E-state index contributed by atoms with van der Waals surface area (Å²) in [5.41, 5.74) is 6.49. The van der Waals surface area contributed by atoms with Gasteiger partial charge in [0.25, 0.3) is 0 Å². The van der Waals surface area contributed by atoms with Gasteiger partial charge in [-0.2, -0.15) is 0 Å². The van der Waals surface area contributed by atoms with Crippen LogP contribution in [0.2, 0.25) is 0 Å². The first-order valence-electron chi connectivity index (χ1n) is 7.73. The smallest absolute Gasteiger partial charge is 0.0615 e. The standard InChI is InChI=1S/C16H34N2O/c1-15(2)9-14(10-16(3,4)12-15)18-13(11-19-5)7-6-8-17/h13-14,18H,6-12,17H2,1-5H3. The molecule has 1 aliphatic carbocycles. The van der Waals surface area contributed by atoms with Gasteiger partial charge >= 0.3 is 0 Å². The Kier molecular flexibility index (Phi) is 6.28. The van der Waals surface area contributed by atoms with Crippen molar-refractivity contribution in [3.05, 3.63) is 0 Å². The van der Waals surface area contributed by atoms with Crippen molar-refractivity contribution in [3.8, 4) is 0 Å². The molecule has 0 bridgehead atoms. The van der Waals surface area contributed by atoms with E-state index in [-0.39, 0.29) is 0 Å². The van der Waals surface area contributed by atoms with Crippen molar-refractivity contribution >= 4 is 0 Å². The molecule has 1 atom stereocenters. The molecule has 3 N–H and O–H groups in total. The van der Waals surface area contributed by atoms with Gasteiger partial charge in [0.2, 0.25) is 0 Å². The quantitative estimate of drug-likeness (QED) is 0.748. The van der Waals surface area contributed by atoms with Crippen molar-refractivity contribution in [1.29, 1.82) is 0 Å². The molecule has 1 saturated carbocycles. The van der Waals surface area contributed by atoms with Gasteiger partial charge in [-0.1, -0.05) is 27.7 Å². The summed E-state index contributed by atoms with van der Waals surface area (Å²) in [6.07, 6.45) is 6.02. The van der Waals surface area contributed by atoms with E-state index in [9.17, 15) is 0 Å². The van der Waals surface area contributed by atoms with Crippen LogP contribution < -0.4 is 11.1 Å². The van der Waals surface area contributed by atoms with E-state index in [0.717, 1.165) is 26.0 Å². The van der Waals surface area contributed by atoms with Gasteiger partial charge in [0.05, 0.1) is 6.61 Å². The topological polar surface area (TPSA) is 47.3 Å². The molecular formula is C16H34N2O. The summed E-state index contributed by atoms with van der Waals surface area (Å²) >= 11 is 0. The van der Waals surface area contributed by atoms with E-state index in [1.807, 2.05) is 0 Å². The van der Waals surface area contributed by atoms with Crippen molar-refractivity contribution in [1.82, 2.24) is 5.32 Å². The maximum atomic E-state index is 5.62. The molecule has 3 heteroatoms. The van der Waals surface area contributed by atoms with E-state index in [1.54, 1.807) is 7.11 Å². The highest BCUT2D eigenvalue weighted by Crippen LogP contribution is 2.45. The molecule has 0 aromatic carbocycles. The van der Waals surface area contributed by atoms with Gasteiger partial charge in [0, 0.05) is 19.2 Å². The predicted molar refractivity (Wildman–Crippen MR) is 82.3 cm³/mol. The third-order valence-corrected chi connectivity index (χ3v) is 4.15. The molecule has 0 amide bonds. The van der Waals surface area contributed by atoms with Crippen LogP contribution in [0.15, 0.2) is 0 Å². The van der Waals surface area contributed by atoms with Crippen LogP contribution in [0.3, 0.4) is 0 Å². The van der Waals surface area contributed by atoms with Gasteiger partial charge in [-0.05, 0) is 49.5 Å². The van der Waals surface area contributed by atoms with E-state index >= 15 is 0 Å². The van der Waals surface area contributed by atoms with Crippen molar-refractivity contribution in [2.24, 2.45) is 16.6 Å². The maximum absolute atomic E-state index is 5.62. The zero-order chi connectivity index (χ0) is 14.5. The lowest BCUT2D eigenvalue weighted by Crippen LogP contribution is -2.48. The number of rotatable bonds is 7. The molecule has 0 saturated heterocycles. The normalized spacial score (nSPS) is 24.3. The first kappa shape index (κ1) is 16.9. The second-order valence-electron chi connectivity index (χ2n) is 7.86. The molecule has 0 radical (unpaired) electrons. The van der Waals surface area contributed by atoms with Crippen LogP contribution in [0.25, 0.3) is 0 Å². The molecule has 0 aromatic heterocycles. The van der Waals surface area contributed by atoms with E-state index in [0.29, 0.717) is 22.9 Å². The van der Waals surface area contributed by atoms with Gasteiger partial charge in [-0.25, -0.2) is 0 Å². The third-order valence-electron chi connectivity index (χ3n) is 4.15.